The summed E-state index contributed by atoms with van der Waals surface area (Å²) in [5, 5.41) is 19.8. The molecule has 7 heteroatoms. The number of hydrogen-bond acceptors (Lipinski definition) is 3. The molecule has 2 rings (SSSR count). The van der Waals surface area contributed by atoms with Gasteiger partial charge in [-0.2, -0.15) is 8.78 Å². The fraction of sp³-hybridized carbons (Fsp3) is 0.600. The van der Waals surface area contributed by atoms with Gasteiger partial charge >= 0.3 is 11.9 Å². The van der Waals surface area contributed by atoms with Crippen LogP contribution < -0.4 is 0 Å². The summed E-state index contributed by atoms with van der Waals surface area (Å²) in [6.45, 7) is 5.36. The third-order valence-corrected chi connectivity index (χ3v) is 6.33. The SMILES string of the molecule is CC(C)C(CCCCCN1C(=O)CC[C@@H]1/C=C/[C@@](C)(O)C(F)(F)c1ccccc1)C(=O)O. The molecule has 0 aliphatic carbocycles. The Morgan fingerprint density at radius 1 is 1.22 bits per heavy atom. The Morgan fingerprint density at radius 3 is 2.47 bits per heavy atom. The standard InChI is InChI=1S/C25H35F2NO4/c1-18(2)21(23(30)31)12-8-5-9-17-28-20(13-14-22(28)29)15-16-24(3,32)25(26,27)19-10-6-4-7-11-19/h4,6-7,10-11,15-16,18,20-21,32H,5,8-9,12-14,17H2,1-3H3,(H,30,31)/b16-15+/t20-,21?,24-/m1/s1. The van der Waals surface area contributed by atoms with Crippen molar-refractivity contribution < 1.29 is 28.6 Å². The third-order valence-electron chi connectivity index (χ3n) is 6.33. The van der Waals surface area contributed by atoms with Gasteiger partial charge in [-0.1, -0.05) is 63.1 Å². The van der Waals surface area contributed by atoms with Crippen molar-refractivity contribution in [2.75, 3.05) is 6.54 Å². The maximum atomic E-state index is 14.8. The van der Waals surface area contributed by atoms with Gasteiger partial charge < -0.3 is 15.1 Å². The van der Waals surface area contributed by atoms with Crippen LogP contribution in [-0.2, 0) is 15.5 Å². The Hall–Kier alpha value is -2.28. The van der Waals surface area contributed by atoms with Gasteiger partial charge in [-0.15, -0.1) is 0 Å². The van der Waals surface area contributed by atoms with Crippen LogP contribution in [0.1, 0.15) is 64.9 Å². The monoisotopic (exact) mass is 451 g/mol. The van der Waals surface area contributed by atoms with Crippen LogP contribution >= 0.6 is 0 Å². The lowest BCUT2D eigenvalue weighted by atomic mass is 9.90. The molecule has 1 heterocycles. The number of carboxylic acid groups (broad SMARTS) is 1. The average Bonchev–Trinajstić information content (AvgIpc) is 3.08. The van der Waals surface area contributed by atoms with Gasteiger partial charge in [-0.05, 0) is 38.2 Å². The van der Waals surface area contributed by atoms with Crippen molar-refractivity contribution >= 4 is 11.9 Å². The zero-order valence-corrected chi connectivity index (χ0v) is 19.1. The number of carbonyl (C=O) groups is 2. The molecule has 2 N–H and O–H groups in total. The highest BCUT2D eigenvalue weighted by molar-refractivity contribution is 5.79. The van der Waals surface area contributed by atoms with Crippen LogP contribution in [0.4, 0.5) is 8.78 Å². The summed E-state index contributed by atoms with van der Waals surface area (Å²) >= 11 is 0. The molecular weight excluding hydrogens is 416 g/mol. The molecular formula is C25H35F2NO4. The summed E-state index contributed by atoms with van der Waals surface area (Å²) in [7, 11) is 0. The first-order chi connectivity index (χ1) is 15.0. The van der Waals surface area contributed by atoms with Crippen LogP contribution in [0.15, 0.2) is 42.5 Å². The molecule has 0 aromatic heterocycles. The van der Waals surface area contributed by atoms with Gasteiger partial charge in [0, 0.05) is 18.5 Å². The van der Waals surface area contributed by atoms with Crippen molar-refractivity contribution in [3.05, 3.63) is 48.0 Å². The summed E-state index contributed by atoms with van der Waals surface area (Å²) in [6, 6.07) is 6.86. The molecule has 0 saturated carbocycles. The Labute approximate surface area is 189 Å². The number of likely N-dealkylation sites (tertiary alicyclic amines) is 1. The van der Waals surface area contributed by atoms with Gasteiger partial charge in [0.1, 0.15) is 5.60 Å². The molecule has 1 aromatic carbocycles. The van der Waals surface area contributed by atoms with Crippen molar-refractivity contribution in [2.45, 2.75) is 76.9 Å². The minimum absolute atomic E-state index is 0.0281. The first kappa shape index (κ1) is 26.0. The first-order valence-electron chi connectivity index (χ1n) is 11.3. The number of nitrogens with zero attached hydrogens (tertiary/aromatic N) is 1. The second-order valence-corrected chi connectivity index (χ2v) is 9.18. The summed E-state index contributed by atoms with van der Waals surface area (Å²) in [5.41, 5.74) is -2.66. The summed E-state index contributed by atoms with van der Waals surface area (Å²) in [4.78, 5) is 25.2. The van der Waals surface area contributed by atoms with Gasteiger partial charge in [0.2, 0.25) is 5.91 Å². The van der Waals surface area contributed by atoms with Crippen molar-refractivity contribution in [3.8, 4) is 0 Å². The molecule has 1 unspecified atom stereocenters. The van der Waals surface area contributed by atoms with Gasteiger partial charge in [-0.3, -0.25) is 9.59 Å². The quantitative estimate of drug-likeness (QED) is 0.347. The number of amides is 1. The number of alkyl halides is 2. The first-order valence-corrected chi connectivity index (χ1v) is 11.3. The van der Waals surface area contributed by atoms with E-state index in [1.165, 1.54) is 30.3 Å². The van der Waals surface area contributed by atoms with E-state index in [0.717, 1.165) is 32.3 Å². The highest BCUT2D eigenvalue weighted by Crippen LogP contribution is 2.40. The predicted octanol–water partition coefficient (Wildman–Crippen LogP) is 4.99. The predicted molar refractivity (Wildman–Crippen MR) is 119 cm³/mol. The van der Waals surface area contributed by atoms with Gasteiger partial charge in [0.15, 0.2) is 0 Å². The number of unbranched alkanes of at least 4 members (excludes halogenated alkanes) is 2. The van der Waals surface area contributed by atoms with Gasteiger partial charge in [-0.25, -0.2) is 0 Å². The number of carboxylic acids is 1. The van der Waals surface area contributed by atoms with E-state index in [2.05, 4.69) is 0 Å². The summed E-state index contributed by atoms with van der Waals surface area (Å²) in [5.74, 6) is -4.58. The lowest BCUT2D eigenvalue weighted by Gasteiger charge is -2.31. The number of halogens is 2. The number of carbonyl (C=O) groups excluding carboxylic acids is 1. The Balaban J connectivity index is 1.93. The second-order valence-electron chi connectivity index (χ2n) is 9.18. The van der Waals surface area contributed by atoms with E-state index in [1.807, 2.05) is 13.8 Å². The molecule has 1 saturated heterocycles. The lowest BCUT2D eigenvalue weighted by Crippen LogP contribution is -2.42. The normalized spacial score (nSPS) is 20.2. The lowest BCUT2D eigenvalue weighted by molar-refractivity contribution is -0.152. The van der Waals surface area contributed by atoms with Crippen LogP contribution in [0.3, 0.4) is 0 Å². The molecule has 1 aromatic rings. The van der Waals surface area contributed by atoms with E-state index in [-0.39, 0.29) is 29.3 Å². The molecule has 0 radical (unpaired) electrons. The largest absolute Gasteiger partial charge is 0.481 e. The van der Waals surface area contributed by atoms with E-state index in [9.17, 15) is 28.6 Å². The van der Waals surface area contributed by atoms with E-state index in [4.69, 9.17) is 0 Å². The average molecular weight is 452 g/mol. The van der Waals surface area contributed by atoms with Crippen LogP contribution in [0.2, 0.25) is 0 Å². The Kier molecular flexibility index (Phi) is 8.96. The zero-order valence-electron chi connectivity index (χ0n) is 19.1. The van der Waals surface area contributed by atoms with Crippen LogP contribution in [0.25, 0.3) is 0 Å². The molecule has 1 amide bonds. The van der Waals surface area contributed by atoms with E-state index in [1.54, 1.807) is 11.0 Å². The number of hydrogen-bond donors (Lipinski definition) is 2. The molecule has 1 aliphatic heterocycles. The summed E-state index contributed by atoms with van der Waals surface area (Å²) < 4.78 is 29.6. The molecule has 178 valence electrons. The Morgan fingerprint density at radius 2 is 1.88 bits per heavy atom. The van der Waals surface area contributed by atoms with Crippen molar-refractivity contribution in [1.82, 2.24) is 4.90 Å². The number of benzene rings is 1. The van der Waals surface area contributed by atoms with Gasteiger partial charge in [0.25, 0.3) is 0 Å². The third kappa shape index (κ3) is 6.37. The molecule has 32 heavy (non-hydrogen) atoms. The van der Waals surface area contributed by atoms with Crippen LogP contribution in [-0.4, -0.2) is 45.2 Å². The molecule has 0 spiro atoms. The maximum absolute atomic E-state index is 14.8. The van der Waals surface area contributed by atoms with E-state index in [0.29, 0.717) is 25.8 Å². The second kappa shape index (κ2) is 11.0. The highest BCUT2D eigenvalue weighted by atomic mass is 19.3. The molecule has 5 nitrogen and oxygen atoms in total. The highest BCUT2D eigenvalue weighted by Gasteiger charge is 2.49. The van der Waals surface area contributed by atoms with Crippen molar-refractivity contribution in [3.63, 3.8) is 0 Å². The molecule has 1 aliphatic rings. The van der Waals surface area contributed by atoms with Crippen molar-refractivity contribution in [2.24, 2.45) is 11.8 Å². The van der Waals surface area contributed by atoms with Crippen LogP contribution in [0, 0.1) is 11.8 Å². The maximum Gasteiger partial charge on any atom is 0.306 e. The number of rotatable bonds is 12. The fourth-order valence-electron chi connectivity index (χ4n) is 4.15. The van der Waals surface area contributed by atoms with Crippen molar-refractivity contribution in [1.29, 1.82) is 0 Å². The summed E-state index contributed by atoms with van der Waals surface area (Å²) in [6.07, 6.45) is 6.36. The van der Waals surface area contributed by atoms with E-state index >= 15 is 0 Å². The minimum atomic E-state index is -3.48. The fourth-order valence-corrected chi connectivity index (χ4v) is 4.15. The zero-order chi connectivity index (χ0) is 23.9. The number of aliphatic hydroxyl groups is 1. The Bertz CT molecular complexity index is 792. The molecule has 1 fully saturated rings. The number of aliphatic carboxylic acids is 1. The molecule has 3 atom stereocenters. The minimum Gasteiger partial charge on any atom is -0.481 e. The topological polar surface area (TPSA) is 77.8 Å². The smallest absolute Gasteiger partial charge is 0.306 e. The van der Waals surface area contributed by atoms with Crippen LogP contribution in [0.5, 0.6) is 0 Å². The molecule has 0 bridgehead atoms. The van der Waals surface area contributed by atoms with E-state index < -0.39 is 17.5 Å². The van der Waals surface area contributed by atoms with Gasteiger partial charge in [0.05, 0.1) is 12.0 Å².